The molecule has 0 aliphatic rings. The van der Waals surface area contributed by atoms with Gasteiger partial charge in [0.2, 0.25) is 5.91 Å². The van der Waals surface area contributed by atoms with Gasteiger partial charge in [0.05, 0.1) is 5.54 Å². The molecule has 1 aromatic carbocycles. The predicted molar refractivity (Wildman–Crippen MR) is 66.6 cm³/mol. The zero-order chi connectivity index (χ0) is 13.9. The van der Waals surface area contributed by atoms with Gasteiger partial charge in [-0.25, -0.2) is 4.79 Å². The molecule has 1 amide bonds. The maximum absolute atomic E-state index is 11.8. The van der Waals surface area contributed by atoms with Crippen molar-refractivity contribution in [1.29, 1.82) is 0 Å². The van der Waals surface area contributed by atoms with E-state index in [1.165, 1.54) is 18.2 Å². The van der Waals surface area contributed by atoms with Crippen LogP contribution >= 0.6 is 0 Å². The number of phenols is 1. The summed E-state index contributed by atoms with van der Waals surface area (Å²) in [5.74, 6) is -2.04. The van der Waals surface area contributed by atoms with Crippen LogP contribution < -0.4 is 11.1 Å². The molecule has 6 heteroatoms. The number of rotatable bonds is 4. The smallest absolute Gasteiger partial charge is 0.339 e. The Labute approximate surface area is 104 Å². The Balaban J connectivity index is 2.91. The SMILES string of the molecule is CCC(C)(N)C(=O)Nc1ccc(C(=O)O)c(O)c1. The Morgan fingerprint density at radius 3 is 2.50 bits per heavy atom. The zero-order valence-electron chi connectivity index (χ0n) is 10.2. The van der Waals surface area contributed by atoms with E-state index in [2.05, 4.69) is 5.32 Å². The van der Waals surface area contributed by atoms with E-state index in [0.717, 1.165) is 0 Å². The van der Waals surface area contributed by atoms with Crippen molar-refractivity contribution in [2.45, 2.75) is 25.8 Å². The molecule has 0 aliphatic heterocycles. The highest BCUT2D eigenvalue weighted by Crippen LogP contribution is 2.22. The van der Waals surface area contributed by atoms with Gasteiger partial charge >= 0.3 is 5.97 Å². The normalized spacial score (nSPS) is 13.7. The molecule has 0 spiro atoms. The van der Waals surface area contributed by atoms with Crippen LogP contribution in [0.15, 0.2) is 18.2 Å². The fraction of sp³-hybridized carbons (Fsp3) is 0.333. The molecule has 98 valence electrons. The fourth-order valence-electron chi connectivity index (χ4n) is 1.22. The first-order valence-corrected chi connectivity index (χ1v) is 5.44. The van der Waals surface area contributed by atoms with Gasteiger partial charge in [0.25, 0.3) is 0 Å². The van der Waals surface area contributed by atoms with Gasteiger partial charge in [-0.2, -0.15) is 0 Å². The lowest BCUT2D eigenvalue weighted by Gasteiger charge is -2.21. The van der Waals surface area contributed by atoms with Crippen LogP contribution in [0.2, 0.25) is 0 Å². The maximum Gasteiger partial charge on any atom is 0.339 e. The molecule has 0 radical (unpaired) electrons. The average Bonchev–Trinajstić information content (AvgIpc) is 2.28. The fourth-order valence-corrected chi connectivity index (χ4v) is 1.22. The van der Waals surface area contributed by atoms with Gasteiger partial charge in [0.15, 0.2) is 0 Å². The summed E-state index contributed by atoms with van der Waals surface area (Å²) in [6, 6.07) is 3.78. The zero-order valence-corrected chi connectivity index (χ0v) is 10.2. The summed E-state index contributed by atoms with van der Waals surface area (Å²) in [6.07, 6.45) is 0.456. The number of aromatic carboxylic acids is 1. The van der Waals surface area contributed by atoms with E-state index in [0.29, 0.717) is 12.1 Å². The van der Waals surface area contributed by atoms with Gasteiger partial charge in [0.1, 0.15) is 11.3 Å². The van der Waals surface area contributed by atoms with Crippen molar-refractivity contribution in [2.75, 3.05) is 5.32 Å². The number of hydrogen-bond donors (Lipinski definition) is 4. The predicted octanol–water partition coefficient (Wildman–Crippen LogP) is 1.16. The third-order valence-corrected chi connectivity index (χ3v) is 2.74. The number of carbonyl (C=O) groups excluding carboxylic acids is 1. The molecule has 1 atom stereocenters. The van der Waals surface area contributed by atoms with E-state index in [4.69, 9.17) is 10.8 Å². The van der Waals surface area contributed by atoms with E-state index in [9.17, 15) is 14.7 Å². The second-order valence-electron chi connectivity index (χ2n) is 4.26. The molecule has 0 saturated heterocycles. The van der Waals surface area contributed by atoms with Crippen LogP contribution in [0.4, 0.5) is 5.69 Å². The quantitative estimate of drug-likeness (QED) is 0.642. The minimum atomic E-state index is -1.23. The molecule has 1 aromatic rings. The summed E-state index contributed by atoms with van der Waals surface area (Å²) in [5, 5.41) is 20.7. The summed E-state index contributed by atoms with van der Waals surface area (Å²) < 4.78 is 0. The van der Waals surface area contributed by atoms with Crippen LogP contribution in [0.3, 0.4) is 0 Å². The Morgan fingerprint density at radius 1 is 1.44 bits per heavy atom. The Hall–Kier alpha value is -2.08. The third kappa shape index (κ3) is 2.98. The first-order valence-electron chi connectivity index (χ1n) is 5.44. The lowest BCUT2D eigenvalue weighted by molar-refractivity contribution is -0.120. The molecule has 1 rings (SSSR count). The van der Waals surface area contributed by atoms with Crippen molar-refractivity contribution >= 4 is 17.6 Å². The van der Waals surface area contributed by atoms with Crippen molar-refractivity contribution < 1.29 is 19.8 Å². The van der Waals surface area contributed by atoms with Crippen LogP contribution in [0.1, 0.15) is 30.6 Å². The molecule has 5 N–H and O–H groups in total. The van der Waals surface area contributed by atoms with Crippen molar-refractivity contribution in [3.8, 4) is 5.75 Å². The second-order valence-corrected chi connectivity index (χ2v) is 4.26. The standard InChI is InChI=1S/C12H16N2O4/c1-3-12(2,13)11(18)14-7-4-5-8(10(16)17)9(15)6-7/h4-6,15H,3,13H2,1-2H3,(H,14,18)(H,16,17). The van der Waals surface area contributed by atoms with E-state index < -0.39 is 23.2 Å². The minimum absolute atomic E-state index is 0.223. The summed E-state index contributed by atoms with van der Waals surface area (Å²) in [6.45, 7) is 3.37. The van der Waals surface area contributed by atoms with Crippen LogP contribution in [0, 0.1) is 0 Å². The molecular weight excluding hydrogens is 236 g/mol. The monoisotopic (exact) mass is 252 g/mol. The van der Waals surface area contributed by atoms with Gasteiger partial charge in [-0.15, -0.1) is 0 Å². The first-order chi connectivity index (χ1) is 8.27. The van der Waals surface area contributed by atoms with Gasteiger partial charge < -0.3 is 21.3 Å². The molecule has 0 aliphatic carbocycles. The highest BCUT2D eigenvalue weighted by atomic mass is 16.4. The number of carboxylic acids is 1. The molecular formula is C12H16N2O4. The molecule has 0 aromatic heterocycles. The van der Waals surface area contributed by atoms with Gasteiger partial charge in [-0.1, -0.05) is 6.92 Å². The van der Waals surface area contributed by atoms with Crippen molar-refractivity contribution in [3.05, 3.63) is 23.8 Å². The highest BCUT2D eigenvalue weighted by Gasteiger charge is 2.26. The lowest BCUT2D eigenvalue weighted by atomic mass is 9.99. The van der Waals surface area contributed by atoms with Gasteiger partial charge in [-0.05, 0) is 25.5 Å². The highest BCUT2D eigenvalue weighted by molar-refractivity contribution is 5.98. The van der Waals surface area contributed by atoms with Crippen molar-refractivity contribution in [2.24, 2.45) is 5.73 Å². The number of amides is 1. The van der Waals surface area contributed by atoms with E-state index in [1.807, 2.05) is 0 Å². The molecule has 0 fully saturated rings. The number of carbonyl (C=O) groups is 2. The molecule has 0 heterocycles. The first kappa shape index (κ1) is 14.0. The lowest BCUT2D eigenvalue weighted by Crippen LogP contribution is -2.47. The number of carboxylic acid groups (broad SMARTS) is 1. The molecule has 1 unspecified atom stereocenters. The van der Waals surface area contributed by atoms with E-state index in [1.54, 1.807) is 13.8 Å². The van der Waals surface area contributed by atoms with Crippen molar-refractivity contribution in [3.63, 3.8) is 0 Å². The number of nitrogens with two attached hydrogens (primary N) is 1. The van der Waals surface area contributed by atoms with Gasteiger partial charge in [0, 0.05) is 11.8 Å². The number of benzene rings is 1. The number of nitrogens with one attached hydrogen (secondary N) is 1. The summed E-state index contributed by atoms with van der Waals surface area (Å²) in [4.78, 5) is 22.5. The molecule has 0 bridgehead atoms. The summed E-state index contributed by atoms with van der Waals surface area (Å²) in [5.41, 5.74) is 4.82. The number of hydrogen-bond acceptors (Lipinski definition) is 4. The van der Waals surface area contributed by atoms with Crippen LogP contribution in [0.5, 0.6) is 5.75 Å². The maximum atomic E-state index is 11.8. The Bertz CT molecular complexity index is 483. The summed E-state index contributed by atoms with van der Waals surface area (Å²) >= 11 is 0. The Kier molecular flexibility index (Phi) is 3.93. The molecule has 6 nitrogen and oxygen atoms in total. The van der Waals surface area contributed by atoms with E-state index >= 15 is 0 Å². The number of anilines is 1. The van der Waals surface area contributed by atoms with Crippen LogP contribution in [-0.2, 0) is 4.79 Å². The number of aromatic hydroxyl groups is 1. The largest absolute Gasteiger partial charge is 0.507 e. The average molecular weight is 252 g/mol. The van der Waals surface area contributed by atoms with Crippen LogP contribution in [-0.4, -0.2) is 27.6 Å². The van der Waals surface area contributed by atoms with Crippen LogP contribution in [0.25, 0.3) is 0 Å². The Morgan fingerprint density at radius 2 is 2.06 bits per heavy atom. The van der Waals surface area contributed by atoms with E-state index in [-0.39, 0.29) is 5.56 Å². The van der Waals surface area contributed by atoms with Crippen molar-refractivity contribution in [1.82, 2.24) is 0 Å². The minimum Gasteiger partial charge on any atom is -0.507 e. The topological polar surface area (TPSA) is 113 Å². The molecule has 18 heavy (non-hydrogen) atoms. The molecule has 0 saturated carbocycles. The van der Waals surface area contributed by atoms with Gasteiger partial charge in [-0.3, -0.25) is 4.79 Å². The second kappa shape index (κ2) is 5.05. The summed E-state index contributed by atoms with van der Waals surface area (Å²) in [7, 11) is 0. The third-order valence-electron chi connectivity index (χ3n) is 2.74.